The molecule has 0 spiro atoms. The fourth-order valence-corrected chi connectivity index (χ4v) is 2.28. The van der Waals surface area contributed by atoms with Gasteiger partial charge in [-0.2, -0.15) is 0 Å². The number of hydrogen-bond donors (Lipinski definition) is 1. The molecular formula is C14H22FNO2. The number of benzene rings is 1. The standard InChI is InChI=1S/C14H22FNO2/c1-5-14(6-2,18-4)13(16)11-8-7-10(17-3)9-12(11)15/h7-9,13H,5-6,16H2,1-4H3. The molecule has 102 valence electrons. The summed E-state index contributed by atoms with van der Waals surface area (Å²) in [4.78, 5) is 0. The van der Waals surface area contributed by atoms with Gasteiger partial charge in [-0.3, -0.25) is 0 Å². The van der Waals surface area contributed by atoms with Gasteiger partial charge in [-0.1, -0.05) is 19.9 Å². The molecule has 0 aliphatic rings. The number of halogens is 1. The van der Waals surface area contributed by atoms with Gasteiger partial charge in [-0.05, 0) is 18.9 Å². The fraction of sp³-hybridized carbons (Fsp3) is 0.571. The summed E-state index contributed by atoms with van der Waals surface area (Å²) < 4.78 is 24.5. The molecule has 0 amide bonds. The quantitative estimate of drug-likeness (QED) is 0.849. The normalized spacial score (nSPS) is 13.4. The van der Waals surface area contributed by atoms with E-state index in [0.29, 0.717) is 11.3 Å². The molecule has 0 radical (unpaired) electrons. The van der Waals surface area contributed by atoms with Gasteiger partial charge in [-0.25, -0.2) is 4.39 Å². The van der Waals surface area contributed by atoms with Crippen LogP contribution in [0.1, 0.15) is 38.3 Å². The van der Waals surface area contributed by atoms with Crippen LogP contribution in [0.15, 0.2) is 18.2 Å². The molecule has 1 rings (SSSR count). The first kappa shape index (κ1) is 14.9. The average molecular weight is 255 g/mol. The first-order valence-electron chi connectivity index (χ1n) is 6.18. The maximum atomic E-state index is 14.0. The first-order chi connectivity index (χ1) is 8.54. The van der Waals surface area contributed by atoms with Gasteiger partial charge in [-0.15, -0.1) is 0 Å². The van der Waals surface area contributed by atoms with E-state index in [0.717, 1.165) is 12.8 Å². The minimum atomic E-state index is -0.532. The number of ether oxygens (including phenoxy) is 2. The summed E-state index contributed by atoms with van der Waals surface area (Å²) in [6.07, 6.45) is 1.46. The molecule has 0 aliphatic carbocycles. The number of nitrogens with two attached hydrogens (primary N) is 1. The van der Waals surface area contributed by atoms with Crippen molar-refractivity contribution in [3.63, 3.8) is 0 Å². The third kappa shape index (κ3) is 2.65. The fourth-order valence-electron chi connectivity index (χ4n) is 2.28. The molecule has 0 saturated heterocycles. The minimum Gasteiger partial charge on any atom is -0.497 e. The highest BCUT2D eigenvalue weighted by molar-refractivity contribution is 5.32. The van der Waals surface area contributed by atoms with Crippen LogP contribution in [0.5, 0.6) is 5.75 Å². The van der Waals surface area contributed by atoms with Crippen LogP contribution in [-0.4, -0.2) is 19.8 Å². The zero-order valence-electron chi connectivity index (χ0n) is 11.5. The Hall–Kier alpha value is -1.13. The van der Waals surface area contributed by atoms with Gasteiger partial charge in [0.1, 0.15) is 11.6 Å². The van der Waals surface area contributed by atoms with Crippen molar-refractivity contribution in [3.05, 3.63) is 29.6 Å². The summed E-state index contributed by atoms with van der Waals surface area (Å²) in [5, 5.41) is 0. The summed E-state index contributed by atoms with van der Waals surface area (Å²) in [6.45, 7) is 3.99. The number of methoxy groups -OCH3 is 2. The molecule has 1 unspecified atom stereocenters. The molecule has 0 bridgehead atoms. The molecule has 1 aromatic carbocycles. The van der Waals surface area contributed by atoms with Crippen molar-refractivity contribution in [2.24, 2.45) is 5.73 Å². The van der Waals surface area contributed by atoms with Crippen molar-refractivity contribution in [3.8, 4) is 5.75 Å². The molecule has 1 aromatic rings. The van der Waals surface area contributed by atoms with E-state index in [-0.39, 0.29) is 5.82 Å². The predicted molar refractivity (Wildman–Crippen MR) is 70.2 cm³/mol. The second-order valence-electron chi connectivity index (χ2n) is 4.34. The Morgan fingerprint density at radius 1 is 1.28 bits per heavy atom. The Morgan fingerprint density at radius 3 is 2.28 bits per heavy atom. The van der Waals surface area contributed by atoms with E-state index in [1.807, 2.05) is 13.8 Å². The van der Waals surface area contributed by atoms with Gasteiger partial charge in [0, 0.05) is 18.7 Å². The van der Waals surface area contributed by atoms with Crippen molar-refractivity contribution in [1.29, 1.82) is 0 Å². The van der Waals surface area contributed by atoms with E-state index in [9.17, 15) is 4.39 Å². The van der Waals surface area contributed by atoms with Crippen LogP contribution >= 0.6 is 0 Å². The molecule has 0 heterocycles. The molecule has 18 heavy (non-hydrogen) atoms. The lowest BCUT2D eigenvalue weighted by Crippen LogP contribution is -2.42. The Labute approximate surface area is 108 Å². The molecule has 0 fully saturated rings. The van der Waals surface area contributed by atoms with E-state index >= 15 is 0 Å². The van der Waals surface area contributed by atoms with Crippen molar-refractivity contribution in [2.45, 2.75) is 38.3 Å². The van der Waals surface area contributed by atoms with Crippen LogP contribution in [0.3, 0.4) is 0 Å². The zero-order chi connectivity index (χ0) is 13.8. The second-order valence-corrected chi connectivity index (χ2v) is 4.34. The van der Waals surface area contributed by atoms with Crippen LogP contribution in [-0.2, 0) is 4.74 Å². The lowest BCUT2D eigenvalue weighted by Gasteiger charge is -2.36. The van der Waals surface area contributed by atoms with Gasteiger partial charge in [0.15, 0.2) is 0 Å². The first-order valence-corrected chi connectivity index (χ1v) is 6.18. The third-order valence-corrected chi connectivity index (χ3v) is 3.71. The Balaban J connectivity index is 3.13. The Bertz CT molecular complexity index is 383. The van der Waals surface area contributed by atoms with E-state index in [1.54, 1.807) is 19.2 Å². The van der Waals surface area contributed by atoms with Crippen LogP contribution < -0.4 is 10.5 Å². The lowest BCUT2D eigenvalue weighted by molar-refractivity contribution is -0.0393. The number of hydrogen-bond acceptors (Lipinski definition) is 3. The largest absolute Gasteiger partial charge is 0.497 e. The molecule has 0 aliphatic heterocycles. The van der Waals surface area contributed by atoms with Crippen LogP contribution in [0.25, 0.3) is 0 Å². The van der Waals surface area contributed by atoms with Gasteiger partial charge < -0.3 is 15.2 Å². The number of rotatable bonds is 6. The SMILES string of the molecule is CCC(CC)(OC)C(N)c1ccc(OC)cc1F. The second kappa shape index (κ2) is 6.16. The Kier molecular flexibility index (Phi) is 5.11. The molecule has 1 atom stereocenters. The van der Waals surface area contributed by atoms with Crippen molar-refractivity contribution >= 4 is 0 Å². The van der Waals surface area contributed by atoms with E-state index in [1.165, 1.54) is 13.2 Å². The van der Waals surface area contributed by atoms with Crippen molar-refractivity contribution in [2.75, 3.05) is 14.2 Å². The van der Waals surface area contributed by atoms with E-state index in [4.69, 9.17) is 15.2 Å². The molecule has 0 aromatic heterocycles. The molecule has 4 heteroatoms. The topological polar surface area (TPSA) is 44.5 Å². The lowest BCUT2D eigenvalue weighted by atomic mass is 9.84. The average Bonchev–Trinajstić information content (AvgIpc) is 2.41. The van der Waals surface area contributed by atoms with Crippen molar-refractivity contribution < 1.29 is 13.9 Å². The summed E-state index contributed by atoms with van der Waals surface area (Å²) >= 11 is 0. The summed E-state index contributed by atoms with van der Waals surface area (Å²) in [5.41, 5.74) is 6.12. The van der Waals surface area contributed by atoms with Crippen LogP contribution in [0.2, 0.25) is 0 Å². The minimum absolute atomic E-state index is 0.356. The molecule has 0 saturated carbocycles. The maximum absolute atomic E-state index is 14.0. The van der Waals surface area contributed by atoms with E-state index in [2.05, 4.69) is 0 Å². The third-order valence-electron chi connectivity index (χ3n) is 3.71. The smallest absolute Gasteiger partial charge is 0.131 e. The summed E-state index contributed by atoms with van der Waals surface area (Å²) in [5.74, 6) is 0.129. The van der Waals surface area contributed by atoms with Gasteiger partial charge >= 0.3 is 0 Å². The summed E-state index contributed by atoms with van der Waals surface area (Å²) in [7, 11) is 3.13. The van der Waals surface area contributed by atoms with Crippen LogP contribution in [0.4, 0.5) is 4.39 Å². The zero-order valence-corrected chi connectivity index (χ0v) is 11.5. The maximum Gasteiger partial charge on any atom is 0.131 e. The monoisotopic (exact) mass is 255 g/mol. The van der Waals surface area contributed by atoms with Gasteiger partial charge in [0.05, 0.1) is 18.8 Å². The van der Waals surface area contributed by atoms with E-state index < -0.39 is 11.6 Å². The molecular weight excluding hydrogens is 233 g/mol. The summed E-state index contributed by atoms with van der Waals surface area (Å²) in [6, 6.07) is 4.23. The van der Waals surface area contributed by atoms with Crippen molar-refractivity contribution in [1.82, 2.24) is 0 Å². The predicted octanol–water partition coefficient (Wildman–Crippen LogP) is 3.04. The van der Waals surface area contributed by atoms with Gasteiger partial charge in [0.25, 0.3) is 0 Å². The highest BCUT2D eigenvalue weighted by Gasteiger charge is 2.35. The molecule has 3 nitrogen and oxygen atoms in total. The van der Waals surface area contributed by atoms with Gasteiger partial charge in [0.2, 0.25) is 0 Å². The highest BCUT2D eigenvalue weighted by Crippen LogP contribution is 2.34. The highest BCUT2D eigenvalue weighted by atomic mass is 19.1. The van der Waals surface area contributed by atoms with Crippen LogP contribution in [0, 0.1) is 5.82 Å². The Morgan fingerprint density at radius 2 is 1.89 bits per heavy atom. The molecule has 2 N–H and O–H groups in total.